The average Bonchev–Trinajstić information content (AvgIpc) is 3.05. The maximum absolute atomic E-state index is 13.9. The van der Waals surface area contributed by atoms with Crippen LogP contribution in [-0.4, -0.2) is 53.6 Å². The smallest absolute Gasteiger partial charge is 0.192 e. The number of hydrogen-bond acceptors (Lipinski definition) is 4. The van der Waals surface area contributed by atoms with Crippen molar-refractivity contribution in [2.75, 3.05) is 0 Å². The number of fused-ring (bicyclic) bond motifs is 1. The van der Waals surface area contributed by atoms with Crippen LogP contribution < -0.4 is 0 Å². The topological polar surface area (TPSA) is 52.6 Å². The minimum atomic E-state index is -2.01. The summed E-state index contributed by atoms with van der Waals surface area (Å²) in [7, 11) is -7.06. The van der Waals surface area contributed by atoms with Crippen molar-refractivity contribution < 1.29 is 18.4 Å². The van der Waals surface area contributed by atoms with Crippen molar-refractivity contribution in [3.63, 3.8) is 0 Å². The van der Waals surface area contributed by atoms with Gasteiger partial charge < -0.3 is 8.85 Å². The third kappa shape index (κ3) is 6.95. The monoisotopic (exact) mass is 668 g/mol. The zero-order valence-corrected chi connectivity index (χ0v) is 34.9. The summed E-state index contributed by atoms with van der Waals surface area (Å²) in [4.78, 5) is 27.6. The first kappa shape index (κ1) is 37.0. The zero-order valence-electron chi connectivity index (χ0n) is 30.9. The molecule has 0 saturated heterocycles. The second kappa shape index (κ2) is 11.4. The molecule has 8 heteroatoms. The Labute approximate surface area is 272 Å². The predicted molar refractivity (Wildman–Crippen MR) is 198 cm³/mol. The van der Waals surface area contributed by atoms with Crippen molar-refractivity contribution in [2.24, 2.45) is 0 Å². The predicted octanol–water partition coefficient (Wildman–Crippen LogP) is 9.87. The van der Waals surface area contributed by atoms with Crippen LogP contribution in [0, 0.1) is 0 Å². The Kier molecular flexibility index (Phi) is 9.57. The molecule has 1 aliphatic rings. The van der Waals surface area contributed by atoms with Gasteiger partial charge in [-0.3, -0.25) is 9.59 Å². The Morgan fingerprint density at radius 1 is 0.614 bits per heavy atom. The number of hydrogen-bond donors (Lipinski definition) is 0. The van der Waals surface area contributed by atoms with Crippen LogP contribution in [0.25, 0.3) is 0 Å². The van der Waals surface area contributed by atoms with Gasteiger partial charge in [0.1, 0.15) is 11.2 Å². The molecule has 0 aromatic heterocycles. The van der Waals surface area contributed by atoms with E-state index in [4.69, 9.17) is 8.85 Å². The third-order valence-electron chi connectivity index (χ3n) is 10.9. The lowest BCUT2D eigenvalue weighted by atomic mass is 9.74. The van der Waals surface area contributed by atoms with Gasteiger partial charge in [0.25, 0.3) is 0 Å². The van der Waals surface area contributed by atoms with Gasteiger partial charge >= 0.3 is 0 Å². The Bertz CT molecular complexity index is 1420. The summed E-state index contributed by atoms with van der Waals surface area (Å²) in [6, 6.07) is 14.5. The van der Waals surface area contributed by atoms with Gasteiger partial charge in [-0.1, -0.05) is 96.5 Å². The highest BCUT2D eigenvalue weighted by Crippen LogP contribution is 2.53. The normalized spacial score (nSPS) is 19.6. The van der Waals surface area contributed by atoms with E-state index in [1.54, 1.807) is 0 Å². The molecule has 0 spiro atoms. The van der Waals surface area contributed by atoms with Crippen LogP contribution in [0.15, 0.2) is 42.5 Å². The summed E-state index contributed by atoms with van der Waals surface area (Å²) in [6.45, 7) is 37.6. The number of carbonyl (C=O) groups is 2. The molecule has 4 nitrogen and oxygen atoms in total. The first-order valence-electron chi connectivity index (χ1n) is 16.2. The van der Waals surface area contributed by atoms with Gasteiger partial charge in [0.05, 0.1) is 15.2 Å². The summed E-state index contributed by atoms with van der Waals surface area (Å²) < 4.78 is 13.3. The molecule has 2 aromatic carbocycles. The number of rotatable bonds is 11. The average molecular weight is 669 g/mol. The lowest BCUT2D eigenvalue weighted by Gasteiger charge is -2.41. The number of Topliss-reactive ketones (excluding diaryl/α,β-unsaturated/α-hetero) is 2. The summed E-state index contributed by atoms with van der Waals surface area (Å²) >= 11 is 0. The van der Waals surface area contributed by atoms with Crippen LogP contribution in [0.3, 0.4) is 0 Å². The molecular formula is C36H60O4Si4. The fraction of sp³-hybridized carbons (Fsp3) is 0.611. The molecule has 0 radical (unpaired) electrons. The second-order valence-corrected chi connectivity index (χ2v) is 49.8. The van der Waals surface area contributed by atoms with E-state index in [0.717, 1.165) is 12.0 Å². The largest absolute Gasteiger partial charge is 0.408 e. The molecule has 1 unspecified atom stereocenters. The molecule has 2 aromatic rings. The second-order valence-electron chi connectivity index (χ2n) is 18.1. The Hall–Kier alpha value is -1.43. The Morgan fingerprint density at radius 3 is 1.41 bits per heavy atom. The van der Waals surface area contributed by atoms with E-state index in [9.17, 15) is 9.59 Å². The van der Waals surface area contributed by atoms with E-state index < -0.39 is 42.1 Å². The van der Waals surface area contributed by atoms with E-state index in [0.29, 0.717) is 5.56 Å². The van der Waals surface area contributed by atoms with Crippen LogP contribution in [0.2, 0.25) is 65.5 Å². The van der Waals surface area contributed by atoms with Crippen molar-refractivity contribution in [1.82, 2.24) is 0 Å². The van der Waals surface area contributed by atoms with Gasteiger partial charge in [-0.2, -0.15) is 0 Å². The van der Waals surface area contributed by atoms with E-state index in [-0.39, 0.29) is 22.4 Å². The van der Waals surface area contributed by atoms with E-state index in [1.165, 1.54) is 16.7 Å². The summed E-state index contributed by atoms with van der Waals surface area (Å²) in [6.07, 6.45) is 0.917. The molecule has 3 rings (SSSR count). The van der Waals surface area contributed by atoms with Crippen molar-refractivity contribution in [2.45, 2.75) is 142 Å². The van der Waals surface area contributed by atoms with E-state index in [2.05, 4.69) is 111 Å². The molecule has 0 bridgehead atoms. The molecule has 0 saturated carbocycles. The number of ketones is 2. The quantitative estimate of drug-likeness (QED) is 0.177. The lowest BCUT2D eigenvalue weighted by molar-refractivity contribution is 0.0567. The SMILES string of the molecule is CC(C)(O[Si](C)(C)[Si](C)(C)C)C(=O)c1ccc(C2(C)CC(C)(C)c3cc(C(=O)C(C)(C)O[Si](C)(C)[Si](C)(C)C)ccc32)cc1. The molecule has 1 aliphatic carbocycles. The fourth-order valence-corrected chi connectivity index (χ4v) is 13.1. The Morgan fingerprint density at radius 2 is 1.00 bits per heavy atom. The summed E-state index contributed by atoms with van der Waals surface area (Å²) in [5, 5.41) is 0. The maximum atomic E-state index is 13.9. The van der Waals surface area contributed by atoms with Gasteiger partial charge in [0, 0.05) is 16.5 Å². The Balaban J connectivity index is 1.94. The van der Waals surface area contributed by atoms with E-state index >= 15 is 0 Å². The van der Waals surface area contributed by atoms with Gasteiger partial charge in [-0.25, -0.2) is 0 Å². The van der Waals surface area contributed by atoms with Crippen LogP contribution in [-0.2, 0) is 19.7 Å². The highest BCUT2D eigenvalue weighted by atomic mass is 29.3. The zero-order chi connectivity index (χ0) is 34.1. The van der Waals surface area contributed by atoms with Crippen molar-refractivity contribution >= 4 is 42.4 Å². The molecule has 44 heavy (non-hydrogen) atoms. The molecule has 0 heterocycles. The van der Waals surface area contributed by atoms with Crippen molar-refractivity contribution in [3.05, 3.63) is 70.3 Å². The summed E-state index contributed by atoms with van der Waals surface area (Å²) in [5.74, 6) is 0.0881. The number of benzene rings is 2. The minimum Gasteiger partial charge on any atom is -0.408 e. The molecule has 0 fully saturated rings. The molecule has 1 atom stereocenters. The first-order valence-corrected chi connectivity index (χ1v) is 31.1. The molecular weight excluding hydrogens is 609 g/mol. The lowest BCUT2D eigenvalue weighted by Crippen LogP contribution is -2.59. The highest BCUT2D eigenvalue weighted by Gasteiger charge is 2.49. The van der Waals surface area contributed by atoms with Crippen LogP contribution in [0.1, 0.15) is 92.3 Å². The van der Waals surface area contributed by atoms with Gasteiger partial charge in [0.2, 0.25) is 0 Å². The van der Waals surface area contributed by atoms with Crippen LogP contribution in [0.4, 0.5) is 0 Å². The van der Waals surface area contributed by atoms with Crippen LogP contribution >= 0.6 is 0 Å². The van der Waals surface area contributed by atoms with Crippen molar-refractivity contribution in [1.29, 1.82) is 0 Å². The molecule has 0 aliphatic heterocycles. The fourth-order valence-electron chi connectivity index (χ4n) is 6.42. The van der Waals surface area contributed by atoms with E-state index in [1.807, 2.05) is 45.9 Å². The van der Waals surface area contributed by atoms with Gasteiger partial charge in [-0.05, 0) is 88.5 Å². The van der Waals surface area contributed by atoms with Crippen LogP contribution in [0.5, 0.6) is 0 Å². The minimum absolute atomic E-state index is 0.0357. The summed E-state index contributed by atoms with van der Waals surface area (Å²) in [5.41, 5.74) is 2.97. The molecule has 0 amide bonds. The van der Waals surface area contributed by atoms with Crippen molar-refractivity contribution in [3.8, 4) is 0 Å². The first-order chi connectivity index (χ1) is 19.5. The molecule has 0 N–H and O–H groups in total. The standard InChI is InChI=1S/C36H60O4Si4/c1-33(2)25-36(7,28-21-18-26(19-22-28)31(37)34(3,4)39-43(14,15)41(8,9)10)29-23-20-27(24-30(29)33)32(38)35(5,6)40-44(16,17)42(11,12)13/h18-24H,25H2,1-17H3. The number of carbonyl (C=O) groups excluding carboxylic acids is 2. The van der Waals surface area contributed by atoms with Gasteiger partial charge in [-0.15, -0.1) is 0 Å². The third-order valence-corrected chi connectivity index (χ3v) is 42.5. The maximum Gasteiger partial charge on any atom is 0.192 e. The highest BCUT2D eigenvalue weighted by molar-refractivity contribution is 7.38. The molecule has 244 valence electrons. The van der Waals surface area contributed by atoms with Gasteiger partial charge in [0.15, 0.2) is 27.2 Å².